The van der Waals surface area contributed by atoms with Crippen LogP contribution in [0, 0.1) is 6.92 Å². The largest absolute Gasteiger partial charge is 0.478 e. The third kappa shape index (κ3) is 3.40. The molecular weight excluding hydrogens is 308 g/mol. The van der Waals surface area contributed by atoms with Crippen LogP contribution < -0.4 is 4.74 Å². The van der Waals surface area contributed by atoms with Gasteiger partial charge in [0.15, 0.2) is 0 Å². The lowest BCUT2D eigenvalue weighted by Crippen LogP contribution is -2.04. The molecule has 4 heteroatoms. The fraction of sp³-hybridized carbons (Fsp3) is 0.211. The second-order valence-electron chi connectivity index (χ2n) is 5.35. The molecule has 0 spiro atoms. The Balaban J connectivity index is 2.04. The lowest BCUT2D eigenvalue weighted by Gasteiger charge is -2.10. The smallest absolute Gasteiger partial charge is 0.220 e. The summed E-state index contributed by atoms with van der Waals surface area (Å²) in [6, 6.07) is 18.0. The first kappa shape index (κ1) is 15.6. The molecule has 0 bridgehead atoms. The summed E-state index contributed by atoms with van der Waals surface area (Å²) in [7, 11) is 0. The Morgan fingerprint density at radius 3 is 2.39 bits per heavy atom. The second-order valence-corrected chi connectivity index (χ2v) is 5.79. The van der Waals surface area contributed by atoms with Gasteiger partial charge >= 0.3 is 0 Å². The number of hydrogen-bond acceptors (Lipinski definition) is 2. The van der Waals surface area contributed by atoms with Crippen molar-refractivity contribution < 1.29 is 4.74 Å². The van der Waals surface area contributed by atoms with Crippen molar-refractivity contribution in [2.75, 3.05) is 6.61 Å². The Labute approximate surface area is 141 Å². The predicted octanol–water partition coefficient (Wildman–Crippen LogP) is 4.82. The van der Waals surface area contributed by atoms with Crippen LogP contribution in [0.4, 0.5) is 0 Å². The van der Waals surface area contributed by atoms with Gasteiger partial charge < -0.3 is 4.74 Å². The summed E-state index contributed by atoms with van der Waals surface area (Å²) in [4.78, 5) is 0. The molecule has 118 valence electrons. The van der Waals surface area contributed by atoms with Gasteiger partial charge in [-0.1, -0.05) is 41.9 Å². The average molecular weight is 327 g/mol. The SMILES string of the molecule is CCOc1c(Cc2ccccc2)c(C)nn1-c1ccc(Cl)cc1. The lowest BCUT2D eigenvalue weighted by molar-refractivity contribution is 0.313. The summed E-state index contributed by atoms with van der Waals surface area (Å²) in [5.74, 6) is 0.802. The molecule has 0 aliphatic carbocycles. The van der Waals surface area contributed by atoms with Gasteiger partial charge in [-0.05, 0) is 43.7 Å². The van der Waals surface area contributed by atoms with E-state index >= 15 is 0 Å². The van der Waals surface area contributed by atoms with Gasteiger partial charge in [-0.25, -0.2) is 4.68 Å². The third-order valence-corrected chi connectivity index (χ3v) is 3.97. The average Bonchev–Trinajstić information content (AvgIpc) is 2.86. The molecule has 0 aliphatic rings. The Morgan fingerprint density at radius 1 is 1.04 bits per heavy atom. The molecule has 0 atom stereocenters. The first-order valence-corrected chi connectivity index (χ1v) is 8.08. The Kier molecular flexibility index (Phi) is 4.68. The van der Waals surface area contributed by atoms with Gasteiger partial charge in [-0.15, -0.1) is 0 Å². The van der Waals surface area contributed by atoms with Crippen molar-refractivity contribution in [2.24, 2.45) is 0 Å². The molecular formula is C19H19ClN2O. The second kappa shape index (κ2) is 6.88. The van der Waals surface area contributed by atoms with Gasteiger partial charge in [0.05, 0.1) is 18.0 Å². The number of rotatable bonds is 5. The van der Waals surface area contributed by atoms with Crippen LogP contribution in [0.15, 0.2) is 54.6 Å². The Bertz CT molecular complexity index is 779. The summed E-state index contributed by atoms with van der Waals surface area (Å²) in [6.07, 6.45) is 0.801. The lowest BCUT2D eigenvalue weighted by atomic mass is 10.1. The summed E-state index contributed by atoms with van der Waals surface area (Å²) in [5.41, 5.74) is 4.28. The number of ether oxygens (including phenoxy) is 1. The topological polar surface area (TPSA) is 27.1 Å². The monoisotopic (exact) mass is 326 g/mol. The Morgan fingerprint density at radius 2 is 1.74 bits per heavy atom. The Hall–Kier alpha value is -2.26. The van der Waals surface area contributed by atoms with Crippen LogP contribution in [-0.2, 0) is 6.42 Å². The van der Waals surface area contributed by atoms with Crippen molar-refractivity contribution in [3.63, 3.8) is 0 Å². The molecule has 3 rings (SSSR count). The molecule has 0 radical (unpaired) electrons. The summed E-state index contributed by atoms with van der Waals surface area (Å²) >= 11 is 5.98. The standard InChI is InChI=1S/C19H19ClN2O/c1-3-23-19-18(13-15-7-5-4-6-8-15)14(2)21-22(19)17-11-9-16(20)10-12-17/h4-12H,3,13H2,1-2H3. The van der Waals surface area contributed by atoms with E-state index in [4.69, 9.17) is 16.3 Å². The molecule has 0 unspecified atom stereocenters. The van der Waals surface area contributed by atoms with Crippen molar-refractivity contribution in [2.45, 2.75) is 20.3 Å². The molecule has 0 saturated carbocycles. The zero-order valence-electron chi connectivity index (χ0n) is 13.3. The minimum atomic E-state index is 0.598. The van der Waals surface area contributed by atoms with E-state index in [1.54, 1.807) is 0 Å². The predicted molar refractivity (Wildman–Crippen MR) is 93.7 cm³/mol. The minimum absolute atomic E-state index is 0.598. The number of nitrogens with zero attached hydrogens (tertiary/aromatic N) is 2. The molecule has 3 aromatic rings. The minimum Gasteiger partial charge on any atom is -0.478 e. The third-order valence-electron chi connectivity index (χ3n) is 3.71. The molecule has 0 amide bonds. The van der Waals surface area contributed by atoms with Gasteiger partial charge in [0.25, 0.3) is 0 Å². The van der Waals surface area contributed by atoms with Crippen LogP contribution in [0.2, 0.25) is 5.02 Å². The van der Waals surface area contributed by atoms with Crippen molar-refractivity contribution in [1.82, 2.24) is 9.78 Å². The molecule has 23 heavy (non-hydrogen) atoms. The number of aryl methyl sites for hydroxylation is 1. The van der Waals surface area contributed by atoms with Crippen LogP contribution >= 0.6 is 11.6 Å². The molecule has 2 aromatic carbocycles. The molecule has 0 N–H and O–H groups in total. The molecule has 0 aliphatic heterocycles. The maximum absolute atomic E-state index is 5.98. The van der Waals surface area contributed by atoms with E-state index in [9.17, 15) is 0 Å². The molecule has 3 nitrogen and oxygen atoms in total. The fourth-order valence-electron chi connectivity index (χ4n) is 2.58. The van der Waals surface area contributed by atoms with Crippen molar-refractivity contribution in [3.8, 4) is 11.6 Å². The van der Waals surface area contributed by atoms with E-state index in [0.717, 1.165) is 29.2 Å². The quantitative estimate of drug-likeness (QED) is 0.672. The molecule has 1 heterocycles. The van der Waals surface area contributed by atoms with Gasteiger partial charge in [0.1, 0.15) is 0 Å². The van der Waals surface area contributed by atoms with Crippen molar-refractivity contribution in [1.29, 1.82) is 0 Å². The maximum Gasteiger partial charge on any atom is 0.220 e. The van der Waals surface area contributed by atoms with E-state index in [-0.39, 0.29) is 0 Å². The normalized spacial score (nSPS) is 10.7. The van der Waals surface area contributed by atoms with Crippen molar-refractivity contribution >= 4 is 11.6 Å². The first-order valence-electron chi connectivity index (χ1n) is 7.70. The highest BCUT2D eigenvalue weighted by Crippen LogP contribution is 2.28. The van der Waals surface area contributed by atoms with E-state index < -0.39 is 0 Å². The zero-order valence-corrected chi connectivity index (χ0v) is 14.0. The van der Waals surface area contributed by atoms with E-state index in [1.807, 2.05) is 48.9 Å². The van der Waals surface area contributed by atoms with Crippen LogP contribution in [0.1, 0.15) is 23.7 Å². The van der Waals surface area contributed by atoms with E-state index in [1.165, 1.54) is 5.56 Å². The highest BCUT2D eigenvalue weighted by molar-refractivity contribution is 6.30. The highest BCUT2D eigenvalue weighted by atomic mass is 35.5. The van der Waals surface area contributed by atoms with Crippen LogP contribution in [0.5, 0.6) is 5.88 Å². The molecule has 0 saturated heterocycles. The van der Waals surface area contributed by atoms with Gasteiger partial charge in [-0.2, -0.15) is 5.10 Å². The summed E-state index contributed by atoms with van der Waals surface area (Å²) in [5, 5.41) is 5.38. The number of hydrogen-bond donors (Lipinski definition) is 0. The fourth-order valence-corrected chi connectivity index (χ4v) is 2.71. The number of halogens is 1. The van der Waals surface area contributed by atoms with Crippen molar-refractivity contribution in [3.05, 3.63) is 76.4 Å². The van der Waals surface area contributed by atoms with E-state index in [0.29, 0.717) is 11.6 Å². The summed E-state index contributed by atoms with van der Waals surface area (Å²) < 4.78 is 7.77. The first-order chi connectivity index (χ1) is 11.2. The molecule has 0 fully saturated rings. The van der Waals surface area contributed by atoms with Crippen LogP contribution in [0.25, 0.3) is 5.69 Å². The van der Waals surface area contributed by atoms with Gasteiger partial charge in [-0.3, -0.25) is 0 Å². The van der Waals surface area contributed by atoms with E-state index in [2.05, 4.69) is 29.4 Å². The molecule has 1 aromatic heterocycles. The van der Waals surface area contributed by atoms with Crippen LogP contribution in [-0.4, -0.2) is 16.4 Å². The highest BCUT2D eigenvalue weighted by Gasteiger charge is 2.18. The number of aromatic nitrogens is 2. The maximum atomic E-state index is 5.98. The van der Waals surface area contributed by atoms with Gasteiger partial charge in [0, 0.05) is 17.0 Å². The number of benzene rings is 2. The van der Waals surface area contributed by atoms with Crippen LogP contribution in [0.3, 0.4) is 0 Å². The van der Waals surface area contributed by atoms with Gasteiger partial charge in [0.2, 0.25) is 5.88 Å². The summed E-state index contributed by atoms with van der Waals surface area (Å²) in [6.45, 7) is 4.61. The zero-order chi connectivity index (χ0) is 16.2.